The number of amides is 10. The lowest BCUT2D eigenvalue weighted by molar-refractivity contribution is -0.147. The molecule has 31 heteroatoms. The van der Waals surface area contributed by atoms with Gasteiger partial charge in [-0.05, 0) is 101 Å². The summed E-state index contributed by atoms with van der Waals surface area (Å²) in [7, 11) is 0. The first-order valence-corrected chi connectivity index (χ1v) is 30.8. The van der Waals surface area contributed by atoms with E-state index in [1.54, 1.807) is 27.7 Å². The molecule has 3 fully saturated rings. The second kappa shape index (κ2) is 34.7. The molecule has 3 aliphatic heterocycles. The molecule has 0 spiro atoms. The molecule has 89 heavy (non-hydrogen) atoms. The number of aromatic nitrogens is 2. The van der Waals surface area contributed by atoms with Crippen molar-refractivity contribution in [1.82, 2.24) is 61.9 Å². The van der Waals surface area contributed by atoms with Crippen LogP contribution >= 0.6 is 0 Å². The number of aliphatic imine (C=N–C) groups is 1. The smallest absolute Gasteiger partial charge is 0.326 e. The predicted molar refractivity (Wildman–Crippen MR) is 323 cm³/mol. The van der Waals surface area contributed by atoms with Crippen molar-refractivity contribution in [1.29, 1.82) is 0 Å². The standard InChI is InChI=1S/C58H96N16O15/c1-29(2)24-35(59)54(85)74-23-13-17-42(74)55(86)72-21-11-16-41(72)51(82)69-44(31(5)6)52(83)68-38(25-30(3)4)48(79)70-45(32(7)8)56(87)73-22-12-15-40(73)50(81)65-36(14-10-20-63-58(60)61)47(78)67-39(26-34-27-62-28-64-34)49(80)71-46(33(9)75)53(84)66-37(57(88)89)18-19-43(76)77/h27-33,35-42,44-46,75H,10-26,59H2,1-9H3,(H,62,64)(H,65,81)(H,66,84)(H,67,78)(H,68,83)(H,69,82)(H,70,79)(H,71,80)(H,76,77)(H,88,89)(H4,60,61,63)/t33-,35+,36+,37+,38+,39+,40+,41+,42+,44+,45+,46+/m1/s1. The molecule has 10 amide bonds. The van der Waals surface area contributed by atoms with Gasteiger partial charge in [0.05, 0.1) is 18.5 Å². The molecule has 3 aliphatic rings. The molecule has 0 unspecified atom stereocenters. The minimum atomic E-state index is -1.81. The molecule has 4 heterocycles. The van der Waals surface area contributed by atoms with Gasteiger partial charge in [0.15, 0.2) is 5.96 Å². The minimum Gasteiger partial charge on any atom is -0.481 e. The van der Waals surface area contributed by atoms with Gasteiger partial charge in [0.2, 0.25) is 59.1 Å². The van der Waals surface area contributed by atoms with Crippen molar-refractivity contribution in [2.45, 2.75) is 218 Å². The van der Waals surface area contributed by atoms with E-state index in [1.165, 1.54) is 27.2 Å². The summed E-state index contributed by atoms with van der Waals surface area (Å²) in [5.74, 6) is -11.4. The first kappa shape index (κ1) is 73.5. The van der Waals surface area contributed by atoms with E-state index in [4.69, 9.17) is 22.3 Å². The monoisotopic (exact) mass is 1260 g/mol. The number of imidazole rings is 1. The van der Waals surface area contributed by atoms with Crippen LogP contribution in [0.5, 0.6) is 0 Å². The molecule has 498 valence electrons. The molecule has 17 N–H and O–H groups in total. The molecule has 1 aromatic rings. The Morgan fingerprint density at radius 2 is 1.10 bits per heavy atom. The van der Waals surface area contributed by atoms with Crippen molar-refractivity contribution in [3.63, 3.8) is 0 Å². The highest BCUT2D eigenvalue weighted by molar-refractivity contribution is 5.99. The van der Waals surface area contributed by atoms with E-state index in [1.807, 2.05) is 27.7 Å². The third kappa shape index (κ3) is 21.9. The Labute approximate surface area is 518 Å². The summed E-state index contributed by atoms with van der Waals surface area (Å²) < 4.78 is 0. The van der Waals surface area contributed by atoms with Crippen molar-refractivity contribution >= 4 is 77.0 Å². The highest BCUT2D eigenvalue weighted by atomic mass is 16.4. The summed E-state index contributed by atoms with van der Waals surface area (Å²) in [6.45, 7) is 16.3. The zero-order valence-electron chi connectivity index (χ0n) is 52.6. The molecule has 3 saturated heterocycles. The van der Waals surface area contributed by atoms with Crippen LogP contribution in [-0.2, 0) is 64.0 Å². The van der Waals surface area contributed by atoms with Gasteiger partial charge in [0.1, 0.15) is 60.4 Å². The number of rotatable bonds is 34. The Hall–Kier alpha value is -7.96. The maximum absolute atomic E-state index is 14.7. The van der Waals surface area contributed by atoms with Crippen LogP contribution in [0.15, 0.2) is 17.5 Å². The third-order valence-electron chi connectivity index (χ3n) is 15.9. The Balaban J connectivity index is 1.51. The largest absolute Gasteiger partial charge is 0.481 e. The van der Waals surface area contributed by atoms with Gasteiger partial charge in [-0.1, -0.05) is 55.4 Å². The van der Waals surface area contributed by atoms with E-state index >= 15 is 0 Å². The zero-order valence-corrected chi connectivity index (χ0v) is 52.6. The Morgan fingerprint density at radius 3 is 1.64 bits per heavy atom. The van der Waals surface area contributed by atoms with Crippen LogP contribution in [0.4, 0.5) is 0 Å². The molecule has 0 radical (unpaired) electrons. The maximum Gasteiger partial charge on any atom is 0.326 e. The summed E-state index contributed by atoms with van der Waals surface area (Å²) >= 11 is 0. The van der Waals surface area contributed by atoms with Gasteiger partial charge in [0, 0.05) is 50.9 Å². The second-order valence-electron chi connectivity index (χ2n) is 24.9. The van der Waals surface area contributed by atoms with Gasteiger partial charge in [-0.3, -0.25) is 57.7 Å². The van der Waals surface area contributed by atoms with E-state index in [9.17, 15) is 67.7 Å². The number of carbonyl (C=O) groups is 12. The van der Waals surface area contributed by atoms with Crippen LogP contribution in [0.1, 0.15) is 145 Å². The lowest BCUT2D eigenvalue weighted by Crippen LogP contribution is -2.62. The summed E-state index contributed by atoms with van der Waals surface area (Å²) in [5.41, 5.74) is 17.7. The number of carboxylic acids is 2. The first-order valence-electron chi connectivity index (χ1n) is 30.8. The highest BCUT2D eigenvalue weighted by Gasteiger charge is 2.45. The normalized spacial score (nSPS) is 19.7. The number of nitrogens with one attached hydrogen (secondary N) is 8. The van der Waals surface area contributed by atoms with E-state index < -0.39 is 156 Å². The molecule has 0 saturated carbocycles. The molecule has 0 aliphatic carbocycles. The van der Waals surface area contributed by atoms with Gasteiger partial charge in [-0.25, -0.2) is 9.78 Å². The van der Waals surface area contributed by atoms with Crippen molar-refractivity contribution < 1.29 is 72.9 Å². The third-order valence-corrected chi connectivity index (χ3v) is 15.9. The minimum absolute atomic E-state index is 0.00490. The number of guanidine groups is 1. The van der Waals surface area contributed by atoms with E-state index in [-0.39, 0.29) is 81.3 Å². The van der Waals surface area contributed by atoms with E-state index in [0.29, 0.717) is 50.8 Å². The Kier molecular flexibility index (Phi) is 28.7. The number of aliphatic carboxylic acids is 2. The number of nitrogens with two attached hydrogens (primary N) is 3. The highest BCUT2D eigenvalue weighted by Crippen LogP contribution is 2.27. The van der Waals surface area contributed by atoms with Crippen molar-refractivity contribution in [2.75, 3.05) is 26.2 Å². The summed E-state index contributed by atoms with van der Waals surface area (Å²) in [4.78, 5) is 179. The number of aromatic amines is 1. The number of carbonyl (C=O) groups excluding carboxylic acids is 10. The number of H-pyrrole nitrogens is 1. The van der Waals surface area contributed by atoms with Gasteiger partial charge in [-0.15, -0.1) is 0 Å². The van der Waals surface area contributed by atoms with E-state index in [0.717, 1.165) is 6.92 Å². The van der Waals surface area contributed by atoms with Crippen molar-refractivity contribution in [2.24, 2.45) is 45.9 Å². The fraction of sp³-hybridized carbons (Fsp3) is 0.724. The van der Waals surface area contributed by atoms with Crippen LogP contribution in [0, 0.1) is 23.7 Å². The van der Waals surface area contributed by atoms with Crippen LogP contribution in [0.2, 0.25) is 0 Å². The van der Waals surface area contributed by atoms with Crippen LogP contribution in [-0.4, -0.2) is 216 Å². The number of nitrogens with zero attached hydrogens (tertiary/aromatic N) is 5. The number of carboxylic acid groups (broad SMARTS) is 2. The zero-order chi connectivity index (χ0) is 66.6. The van der Waals surface area contributed by atoms with Crippen LogP contribution < -0.4 is 54.4 Å². The SMILES string of the molecule is CC(C)C[C@H](NC(=O)[C@@H](NC(=O)[C@@H]1CCCN1C(=O)[C@@H]1CCCN1C(=O)[C@@H](N)CC(C)C)C(C)C)C(=O)N[C@H](C(=O)N1CCC[C@H]1C(=O)N[C@@H](CCCN=C(N)N)C(=O)N[C@@H](Cc1cnc[nH]1)C(=O)N[C@H](C(=O)N[C@@H](CCC(=O)O)C(=O)O)[C@@H](C)O)C(C)C. The van der Waals surface area contributed by atoms with Gasteiger partial charge >= 0.3 is 11.9 Å². The van der Waals surface area contributed by atoms with Crippen LogP contribution in [0.25, 0.3) is 0 Å². The fourth-order valence-electron chi connectivity index (χ4n) is 11.2. The molecule has 0 aromatic carbocycles. The molecule has 12 atom stereocenters. The Morgan fingerprint density at radius 1 is 0.596 bits per heavy atom. The maximum atomic E-state index is 14.7. The van der Waals surface area contributed by atoms with Crippen LogP contribution in [0.3, 0.4) is 0 Å². The fourth-order valence-corrected chi connectivity index (χ4v) is 11.2. The first-order chi connectivity index (χ1) is 41.8. The average Bonchev–Trinajstić information content (AvgIpc) is 4.45. The van der Waals surface area contributed by atoms with Crippen molar-refractivity contribution in [3.8, 4) is 0 Å². The predicted octanol–water partition coefficient (Wildman–Crippen LogP) is -2.57. The van der Waals surface area contributed by atoms with Gasteiger partial charge < -0.3 is 89.4 Å². The molecule has 1 aromatic heterocycles. The Bertz CT molecular complexity index is 2670. The lowest BCUT2D eigenvalue weighted by atomic mass is 9.97. The average molecular weight is 1260 g/mol. The topological polar surface area (TPSA) is 479 Å². The summed E-state index contributed by atoms with van der Waals surface area (Å²) in [6.07, 6.45) is 2.47. The second-order valence-corrected chi connectivity index (χ2v) is 24.9. The van der Waals surface area contributed by atoms with E-state index in [2.05, 4.69) is 52.2 Å². The van der Waals surface area contributed by atoms with Gasteiger partial charge in [0.25, 0.3) is 0 Å². The molecule has 4 rings (SSSR count). The van der Waals surface area contributed by atoms with Crippen molar-refractivity contribution in [3.05, 3.63) is 18.2 Å². The number of likely N-dealkylation sites (tertiary alicyclic amines) is 3. The summed E-state index contributed by atoms with van der Waals surface area (Å²) in [6, 6.07) is -13.7. The lowest BCUT2D eigenvalue weighted by Gasteiger charge is -2.33. The number of hydrogen-bond donors (Lipinski definition) is 14. The number of aliphatic hydroxyl groups excluding tert-OH is 1. The van der Waals surface area contributed by atoms with Gasteiger partial charge in [-0.2, -0.15) is 0 Å². The molecular formula is C58H96N16O15. The number of hydrogen-bond acceptors (Lipinski definition) is 16. The number of aliphatic hydroxyl groups is 1. The quantitative estimate of drug-likeness (QED) is 0.0192. The molecule has 31 nitrogen and oxygen atoms in total. The molecule has 0 bridgehead atoms. The summed E-state index contributed by atoms with van der Waals surface area (Å²) in [5, 5.41) is 47.5. The molecular weight excluding hydrogens is 1160 g/mol.